The number of carbonyl (C=O) groups is 1. The van der Waals surface area contributed by atoms with E-state index in [1.54, 1.807) is 11.8 Å². The summed E-state index contributed by atoms with van der Waals surface area (Å²) in [5.74, 6) is -0.0455. The number of amides is 1. The van der Waals surface area contributed by atoms with Crippen LogP contribution < -0.4 is 10.2 Å². The van der Waals surface area contributed by atoms with Crippen LogP contribution in [0.1, 0.15) is 28.4 Å². The van der Waals surface area contributed by atoms with Crippen molar-refractivity contribution >= 4 is 29.0 Å². The van der Waals surface area contributed by atoms with Crippen molar-refractivity contribution in [2.45, 2.75) is 25.7 Å². The zero-order valence-electron chi connectivity index (χ0n) is 16.7. The Bertz CT molecular complexity index is 813. The summed E-state index contributed by atoms with van der Waals surface area (Å²) in [4.78, 5) is 18.8. The Hall–Kier alpha value is -1.98. The van der Waals surface area contributed by atoms with E-state index in [9.17, 15) is 4.79 Å². The molecule has 1 N–H and O–H groups in total. The van der Waals surface area contributed by atoms with Gasteiger partial charge in [-0.15, -0.1) is 11.8 Å². The van der Waals surface area contributed by atoms with Crippen molar-refractivity contribution < 1.29 is 4.79 Å². The first-order chi connectivity index (χ1) is 13.0. The molecule has 1 fully saturated rings. The molecule has 1 aliphatic rings. The second-order valence-corrected chi connectivity index (χ2v) is 7.94. The maximum atomic E-state index is 12.8. The monoisotopic (exact) mass is 383 g/mol. The lowest BCUT2D eigenvalue weighted by molar-refractivity contribution is 0.102. The summed E-state index contributed by atoms with van der Waals surface area (Å²) in [6, 6.07) is 12.4. The smallest absolute Gasteiger partial charge is 0.255 e. The van der Waals surface area contributed by atoms with Crippen LogP contribution >= 0.6 is 11.8 Å². The number of hydrogen-bond acceptors (Lipinski definition) is 4. The van der Waals surface area contributed by atoms with E-state index in [-0.39, 0.29) is 5.91 Å². The third kappa shape index (κ3) is 4.66. The quantitative estimate of drug-likeness (QED) is 0.776. The van der Waals surface area contributed by atoms with Gasteiger partial charge in [-0.3, -0.25) is 4.79 Å². The van der Waals surface area contributed by atoms with E-state index in [1.807, 2.05) is 31.4 Å². The molecule has 3 rings (SSSR count). The highest BCUT2D eigenvalue weighted by molar-refractivity contribution is 7.98. The highest BCUT2D eigenvalue weighted by Gasteiger charge is 2.17. The summed E-state index contributed by atoms with van der Waals surface area (Å²) in [6.07, 6.45) is 2.02. The van der Waals surface area contributed by atoms with Crippen molar-refractivity contribution in [3.8, 4) is 0 Å². The van der Waals surface area contributed by atoms with Gasteiger partial charge in [0.2, 0.25) is 0 Å². The molecule has 0 aromatic heterocycles. The van der Waals surface area contributed by atoms with Gasteiger partial charge in [0.05, 0.1) is 0 Å². The average Bonchev–Trinajstić information content (AvgIpc) is 2.70. The first-order valence-corrected chi connectivity index (χ1v) is 10.8. The number of carbonyl (C=O) groups excluding carboxylic acids is 1. The lowest BCUT2D eigenvalue weighted by Gasteiger charge is -2.35. The molecular formula is C22H29N3OS. The molecule has 5 heteroatoms. The number of hydrogen-bond donors (Lipinski definition) is 1. The predicted octanol–water partition coefficient (Wildman–Crippen LogP) is 4.42. The van der Waals surface area contributed by atoms with Crippen LogP contribution in [-0.4, -0.2) is 49.8 Å². The third-order valence-corrected chi connectivity index (χ3v) is 6.06. The summed E-state index contributed by atoms with van der Waals surface area (Å²) in [6.45, 7) is 11.7. The molecule has 4 nitrogen and oxygen atoms in total. The average molecular weight is 384 g/mol. The van der Waals surface area contributed by atoms with E-state index in [0.29, 0.717) is 0 Å². The van der Waals surface area contributed by atoms with Gasteiger partial charge in [-0.25, -0.2) is 0 Å². The molecular weight excluding hydrogens is 354 g/mol. The van der Waals surface area contributed by atoms with Crippen molar-refractivity contribution in [2.75, 3.05) is 49.2 Å². The second-order valence-electron chi connectivity index (χ2n) is 7.06. The Morgan fingerprint density at radius 1 is 1.04 bits per heavy atom. The number of nitrogens with zero attached hydrogens (tertiary/aromatic N) is 2. The number of benzene rings is 2. The van der Waals surface area contributed by atoms with Gasteiger partial charge in [-0.05, 0) is 68.1 Å². The van der Waals surface area contributed by atoms with Crippen molar-refractivity contribution in [2.24, 2.45) is 0 Å². The van der Waals surface area contributed by atoms with E-state index in [4.69, 9.17) is 0 Å². The lowest BCUT2D eigenvalue weighted by Crippen LogP contribution is -2.46. The van der Waals surface area contributed by atoms with Crippen LogP contribution in [0.2, 0.25) is 0 Å². The third-order valence-electron chi connectivity index (χ3n) is 5.33. The molecule has 27 heavy (non-hydrogen) atoms. The Morgan fingerprint density at radius 3 is 2.41 bits per heavy atom. The van der Waals surface area contributed by atoms with E-state index in [0.717, 1.165) is 60.0 Å². The normalized spacial score (nSPS) is 15.0. The molecule has 0 unspecified atom stereocenters. The summed E-state index contributed by atoms with van der Waals surface area (Å²) in [5.41, 5.74) is 4.94. The minimum atomic E-state index is -0.0455. The molecule has 0 aliphatic carbocycles. The van der Waals surface area contributed by atoms with Crippen LogP contribution in [0.5, 0.6) is 0 Å². The zero-order valence-corrected chi connectivity index (χ0v) is 17.5. The fraction of sp³-hybridized carbons (Fsp3) is 0.409. The summed E-state index contributed by atoms with van der Waals surface area (Å²) in [7, 11) is 0. The van der Waals surface area contributed by atoms with Gasteiger partial charge >= 0.3 is 0 Å². The van der Waals surface area contributed by atoms with Gasteiger partial charge in [0.1, 0.15) is 0 Å². The van der Waals surface area contributed by atoms with Crippen LogP contribution in [0, 0.1) is 13.8 Å². The molecule has 1 heterocycles. The molecule has 144 valence electrons. The molecule has 1 saturated heterocycles. The van der Waals surface area contributed by atoms with Crippen LogP contribution in [0.25, 0.3) is 0 Å². The van der Waals surface area contributed by atoms with Gasteiger partial charge in [0.25, 0.3) is 5.91 Å². The number of thioether (sulfide) groups is 1. The Kier molecular flexibility index (Phi) is 6.45. The number of piperazine rings is 1. The minimum Gasteiger partial charge on any atom is -0.369 e. The molecule has 2 aromatic rings. The standard InChI is InChI=1S/C22H29N3OS/c1-5-24-10-12-25(13-11-24)18-7-9-21(17(3)14-18)23-22(26)20-15-19(27-4)8-6-16(20)2/h6-9,14-15H,5,10-13H2,1-4H3,(H,23,26). The Labute approximate surface area is 166 Å². The first-order valence-electron chi connectivity index (χ1n) is 9.55. The summed E-state index contributed by atoms with van der Waals surface area (Å²) in [5, 5.41) is 3.09. The number of aryl methyl sites for hydroxylation is 2. The zero-order chi connectivity index (χ0) is 19.4. The number of rotatable bonds is 5. The van der Waals surface area contributed by atoms with E-state index < -0.39 is 0 Å². The maximum Gasteiger partial charge on any atom is 0.255 e. The molecule has 0 bridgehead atoms. The van der Waals surface area contributed by atoms with Crippen LogP contribution in [0.3, 0.4) is 0 Å². The Balaban J connectivity index is 1.72. The van der Waals surface area contributed by atoms with E-state index in [2.05, 4.69) is 47.2 Å². The van der Waals surface area contributed by atoms with Crippen LogP contribution in [0.4, 0.5) is 11.4 Å². The van der Waals surface area contributed by atoms with Crippen molar-refractivity contribution in [1.82, 2.24) is 4.90 Å². The number of nitrogens with one attached hydrogen (secondary N) is 1. The molecule has 0 radical (unpaired) electrons. The Morgan fingerprint density at radius 2 is 1.78 bits per heavy atom. The SMILES string of the molecule is CCN1CCN(c2ccc(NC(=O)c3cc(SC)ccc3C)c(C)c2)CC1. The minimum absolute atomic E-state index is 0.0455. The van der Waals surface area contributed by atoms with E-state index in [1.165, 1.54) is 5.69 Å². The van der Waals surface area contributed by atoms with Crippen molar-refractivity contribution in [3.05, 3.63) is 53.1 Å². The highest BCUT2D eigenvalue weighted by atomic mass is 32.2. The molecule has 0 spiro atoms. The van der Waals surface area contributed by atoms with E-state index >= 15 is 0 Å². The first kappa shape index (κ1) is 19.8. The molecule has 2 aromatic carbocycles. The van der Waals surface area contributed by atoms with Crippen molar-refractivity contribution in [3.63, 3.8) is 0 Å². The topological polar surface area (TPSA) is 35.6 Å². The molecule has 1 aliphatic heterocycles. The molecule has 0 atom stereocenters. The van der Waals surface area contributed by atoms with Crippen molar-refractivity contribution in [1.29, 1.82) is 0 Å². The van der Waals surface area contributed by atoms with Crippen LogP contribution in [-0.2, 0) is 0 Å². The molecule has 1 amide bonds. The van der Waals surface area contributed by atoms with Gasteiger partial charge in [-0.2, -0.15) is 0 Å². The lowest BCUT2D eigenvalue weighted by atomic mass is 10.1. The number of anilines is 2. The predicted molar refractivity (Wildman–Crippen MR) is 116 cm³/mol. The maximum absolute atomic E-state index is 12.8. The summed E-state index contributed by atoms with van der Waals surface area (Å²) < 4.78 is 0. The fourth-order valence-electron chi connectivity index (χ4n) is 3.47. The second kappa shape index (κ2) is 8.81. The van der Waals surface area contributed by atoms with Gasteiger partial charge in [0, 0.05) is 48.0 Å². The molecule has 0 saturated carbocycles. The largest absolute Gasteiger partial charge is 0.369 e. The highest BCUT2D eigenvalue weighted by Crippen LogP contribution is 2.25. The van der Waals surface area contributed by atoms with Gasteiger partial charge in [0.15, 0.2) is 0 Å². The fourth-order valence-corrected chi connectivity index (χ4v) is 3.91. The summed E-state index contributed by atoms with van der Waals surface area (Å²) >= 11 is 1.65. The van der Waals surface area contributed by atoms with Crippen LogP contribution in [0.15, 0.2) is 41.3 Å². The number of likely N-dealkylation sites (N-methyl/N-ethyl adjacent to an activating group) is 1. The van der Waals surface area contributed by atoms with Gasteiger partial charge < -0.3 is 15.1 Å². The van der Waals surface area contributed by atoms with Gasteiger partial charge in [-0.1, -0.05) is 13.0 Å².